The third-order valence-electron chi connectivity index (χ3n) is 4.70. The Labute approximate surface area is 194 Å². The van der Waals surface area contributed by atoms with E-state index in [4.69, 9.17) is 16.8 Å². The highest BCUT2D eigenvalue weighted by Gasteiger charge is 2.49. The maximum Gasteiger partial charge on any atom is 0.469 e. The molecule has 0 saturated heterocycles. The van der Waals surface area contributed by atoms with Crippen LogP contribution in [0.3, 0.4) is 0 Å². The molecule has 0 bridgehead atoms. The highest BCUT2D eigenvalue weighted by molar-refractivity contribution is 6.90. The third kappa shape index (κ3) is 17.5. The van der Waals surface area contributed by atoms with Gasteiger partial charge in [-0.05, 0) is 84.5 Å². The van der Waals surface area contributed by atoms with Gasteiger partial charge in [0, 0.05) is 13.2 Å². The van der Waals surface area contributed by atoms with Crippen LogP contribution in [0.5, 0.6) is 0 Å². The van der Waals surface area contributed by atoms with E-state index in [-0.39, 0.29) is 0 Å². The fourth-order valence-corrected chi connectivity index (χ4v) is 19.5. The normalized spacial score (nSPS) is 14.4. The molecule has 0 spiro atoms. The predicted octanol–water partition coefficient (Wildman–Crippen LogP) is 8.06. The molecule has 0 fully saturated rings. The van der Waals surface area contributed by atoms with E-state index >= 15 is 0 Å². The van der Waals surface area contributed by atoms with Crippen molar-refractivity contribution >= 4 is 42.1 Å². The Morgan fingerprint density at radius 2 is 0.733 bits per heavy atom. The summed E-state index contributed by atoms with van der Waals surface area (Å²) in [5.41, 5.74) is 0. The van der Waals surface area contributed by atoms with E-state index in [0.717, 1.165) is 12.5 Å². The largest absolute Gasteiger partial charge is 0.469 e. The Balaban J connectivity index is 4.64. The summed E-state index contributed by atoms with van der Waals surface area (Å²) in [7, 11) is -7.38. The maximum atomic E-state index is 6.77. The molecule has 0 unspecified atom stereocenters. The lowest BCUT2D eigenvalue weighted by Gasteiger charge is -2.43. The van der Waals surface area contributed by atoms with Gasteiger partial charge in [0.25, 0.3) is 0 Å². The molecule has 0 aromatic heterocycles. The summed E-state index contributed by atoms with van der Waals surface area (Å²) in [6.07, 6.45) is 9.07. The second kappa shape index (κ2) is 13.0. The summed E-state index contributed by atoms with van der Waals surface area (Å²) in [6, 6.07) is 2.27. The molecule has 0 amide bonds. The van der Waals surface area contributed by atoms with Crippen molar-refractivity contribution < 1.29 is 16.8 Å². The lowest BCUT2D eigenvalue weighted by Crippen LogP contribution is -2.60. The Bertz CT molecular complexity index is 427. The highest BCUT2D eigenvalue weighted by Crippen LogP contribution is 2.30. The molecule has 0 radical (unpaired) electrons. The van der Waals surface area contributed by atoms with Crippen LogP contribution >= 0.6 is 0 Å². The number of rotatable bonds is 17. The van der Waals surface area contributed by atoms with Gasteiger partial charge in [0.05, 0.1) is 0 Å². The predicted molar refractivity (Wildman–Crippen MR) is 145 cm³/mol. The van der Waals surface area contributed by atoms with Gasteiger partial charge >= 0.3 is 8.80 Å². The van der Waals surface area contributed by atoms with Crippen molar-refractivity contribution in [3.8, 4) is 0 Å². The van der Waals surface area contributed by atoms with E-state index in [2.05, 4.69) is 72.0 Å². The molecule has 0 N–H and O–H groups in total. The molecule has 9 heteroatoms. The maximum absolute atomic E-state index is 6.77. The molecule has 0 atom stereocenters. The molecule has 0 aliphatic heterocycles. The molecule has 0 aromatic rings. The standard InChI is InChI=1S/C21H54O4Si5/c1-22-29(11,12)20-18-16-14-13-15-17-19-21-30(23-26(2,3)4,24-27(5,6)7)25-28(8,9)10/h13-21H2,1-12H3. The molecular weight excluding hydrogens is 457 g/mol. The summed E-state index contributed by atoms with van der Waals surface area (Å²) in [6.45, 7) is 25.0. The fourth-order valence-electron chi connectivity index (χ4n) is 3.49. The summed E-state index contributed by atoms with van der Waals surface area (Å²) in [5.74, 6) is 0. The van der Waals surface area contributed by atoms with Gasteiger partial charge in [0.15, 0.2) is 33.3 Å². The van der Waals surface area contributed by atoms with Crippen LogP contribution in [0, 0.1) is 0 Å². The van der Waals surface area contributed by atoms with E-state index in [1.807, 2.05) is 7.11 Å². The van der Waals surface area contributed by atoms with E-state index in [1.165, 1.54) is 44.6 Å². The zero-order chi connectivity index (χ0) is 23.7. The Hall–Kier alpha value is 0.924. The van der Waals surface area contributed by atoms with Gasteiger partial charge in [-0.1, -0.05) is 38.5 Å². The molecule has 0 aliphatic carbocycles. The summed E-state index contributed by atoms with van der Waals surface area (Å²) in [4.78, 5) is 0. The number of hydrogen-bond acceptors (Lipinski definition) is 4. The van der Waals surface area contributed by atoms with Crippen molar-refractivity contribution in [3.05, 3.63) is 0 Å². The van der Waals surface area contributed by atoms with Crippen molar-refractivity contribution in [2.24, 2.45) is 0 Å². The first-order valence-electron chi connectivity index (χ1n) is 12.0. The molecule has 30 heavy (non-hydrogen) atoms. The van der Waals surface area contributed by atoms with Crippen molar-refractivity contribution in [3.63, 3.8) is 0 Å². The van der Waals surface area contributed by atoms with Gasteiger partial charge in [0.2, 0.25) is 0 Å². The van der Waals surface area contributed by atoms with Gasteiger partial charge in [-0.3, -0.25) is 0 Å². The van der Waals surface area contributed by atoms with Crippen LogP contribution in [0.4, 0.5) is 0 Å². The zero-order valence-corrected chi connectivity index (χ0v) is 27.5. The lowest BCUT2D eigenvalue weighted by atomic mass is 10.1. The van der Waals surface area contributed by atoms with E-state index < -0.39 is 42.1 Å². The van der Waals surface area contributed by atoms with Crippen LogP contribution in [0.15, 0.2) is 0 Å². The van der Waals surface area contributed by atoms with Crippen molar-refractivity contribution in [2.75, 3.05) is 7.11 Å². The molecule has 0 heterocycles. The topological polar surface area (TPSA) is 36.9 Å². The Kier molecular flexibility index (Phi) is 13.4. The molecular formula is C21H54O4Si5. The summed E-state index contributed by atoms with van der Waals surface area (Å²) < 4.78 is 26.0. The third-order valence-corrected chi connectivity index (χ3v) is 19.4. The fraction of sp³-hybridized carbons (Fsp3) is 1.00. The second-order valence-corrected chi connectivity index (χ2v) is 33.7. The minimum Gasteiger partial charge on any atom is -0.420 e. The van der Waals surface area contributed by atoms with Crippen molar-refractivity contribution in [1.29, 1.82) is 0 Å². The zero-order valence-electron chi connectivity index (χ0n) is 22.5. The van der Waals surface area contributed by atoms with Gasteiger partial charge < -0.3 is 16.8 Å². The lowest BCUT2D eigenvalue weighted by molar-refractivity contribution is 0.250. The van der Waals surface area contributed by atoms with Crippen LogP contribution in [-0.4, -0.2) is 49.2 Å². The first-order chi connectivity index (χ1) is 13.4. The first kappa shape index (κ1) is 30.9. The van der Waals surface area contributed by atoms with Crippen molar-refractivity contribution in [2.45, 2.75) is 129 Å². The second-order valence-electron chi connectivity index (χ2n) is 12.3. The Morgan fingerprint density at radius 1 is 0.433 bits per heavy atom. The van der Waals surface area contributed by atoms with Crippen molar-refractivity contribution in [1.82, 2.24) is 0 Å². The monoisotopic (exact) mass is 510 g/mol. The highest BCUT2D eigenvalue weighted by atomic mass is 28.5. The van der Waals surface area contributed by atoms with E-state index in [1.54, 1.807) is 0 Å². The summed E-state index contributed by atoms with van der Waals surface area (Å²) >= 11 is 0. The number of hydrogen-bond donors (Lipinski definition) is 0. The summed E-state index contributed by atoms with van der Waals surface area (Å²) in [5, 5.41) is 0. The van der Waals surface area contributed by atoms with Crippen LogP contribution in [-0.2, 0) is 16.8 Å². The Morgan fingerprint density at radius 3 is 1.03 bits per heavy atom. The molecule has 0 saturated carbocycles. The molecule has 0 aliphatic rings. The van der Waals surface area contributed by atoms with Gasteiger partial charge in [-0.25, -0.2) is 0 Å². The SMILES string of the molecule is CO[Si](C)(C)CCCCCCCCC[Si](O[Si](C)(C)C)(O[Si](C)(C)C)O[Si](C)(C)C. The van der Waals surface area contributed by atoms with Gasteiger partial charge in [-0.15, -0.1) is 0 Å². The number of unbranched alkanes of at least 4 members (excludes halogenated alkanes) is 6. The molecule has 182 valence electrons. The van der Waals surface area contributed by atoms with E-state index in [0.29, 0.717) is 0 Å². The quantitative estimate of drug-likeness (QED) is 0.146. The minimum atomic E-state index is -2.63. The smallest absolute Gasteiger partial charge is 0.420 e. The van der Waals surface area contributed by atoms with Crippen LogP contribution in [0.1, 0.15) is 44.9 Å². The minimum absolute atomic E-state index is 0.986. The van der Waals surface area contributed by atoms with Crippen LogP contribution in [0.25, 0.3) is 0 Å². The average Bonchev–Trinajstić information content (AvgIpc) is 2.48. The van der Waals surface area contributed by atoms with E-state index in [9.17, 15) is 0 Å². The van der Waals surface area contributed by atoms with Gasteiger partial charge in [-0.2, -0.15) is 0 Å². The van der Waals surface area contributed by atoms with Crippen LogP contribution < -0.4 is 0 Å². The molecule has 0 rings (SSSR count). The molecule has 0 aromatic carbocycles. The first-order valence-corrected chi connectivity index (χ1v) is 27.3. The van der Waals surface area contributed by atoms with Crippen LogP contribution in [0.2, 0.25) is 84.1 Å². The van der Waals surface area contributed by atoms with Gasteiger partial charge in [0.1, 0.15) is 0 Å². The molecule has 4 nitrogen and oxygen atoms in total. The average molecular weight is 511 g/mol.